The number of benzene rings is 2. The Bertz CT molecular complexity index is 1380. The van der Waals surface area contributed by atoms with E-state index < -0.39 is 10.8 Å². The van der Waals surface area contributed by atoms with Crippen molar-refractivity contribution in [2.75, 3.05) is 13.2 Å². The lowest BCUT2D eigenvalue weighted by Gasteiger charge is -2.65. The first kappa shape index (κ1) is 23.2. The maximum Gasteiger partial charge on any atom is 0.158 e. The molecule has 1 heterocycles. The number of ketones is 1. The van der Waals surface area contributed by atoms with Gasteiger partial charge in [0.15, 0.2) is 12.1 Å². The molecule has 0 unspecified atom stereocenters. The molecule has 0 N–H and O–H groups in total. The molecule has 2 saturated carbocycles. The van der Waals surface area contributed by atoms with Crippen molar-refractivity contribution in [1.82, 2.24) is 0 Å². The fourth-order valence-electron chi connectivity index (χ4n) is 9.86. The Hall–Kier alpha value is -2.75. The fraction of sp³-hybridized carbons (Fsp3) is 0.457. The maximum atomic E-state index is 14.7. The largest absolute Gasteiger partial charge is 0.353 e. The fourth-order valence-corrected chi connectivity index (χ4v) is 9.86. The highest BCUT2D eigenvalue weighted by Crippen LogP contribution is 2.82. The Morgan fingerprint density at radius 1 is 0.842 bits per heavy atom. The normalized spacial score (nSPS) is 42.1. The molecule has 38 heavy (non-hydrogen) atoms. The second kappa shape index (κ2) is 8.13. The van der Waals surface area contributed by atoms with Gasteiger partial charge < -0.3 is 9.47 Å². The molecule has 2 aromatic rings. The summed E-state index contributed by atoms with van der Waals surface area (Å²) >= 11 is 0. The Labute approximate surface area is 225 Å². The van der Waals surface area contributed by atoms with Gasteiger partial charge in [-0.05, 0) is 90.5 Å². The lowest BCUT2D eigenvalue weighted by Crippen LogP contribution is -2.62. The van der Waals surface area contributed by atoms with Crippen molar-refractivity contribution in [3.8, 4) is 0 Å². The summed E-state index contributed by atoms with van der Waals surface area (Å²) in [7, 11) is 0. The molecule has 4 bridgehead atoms. The van der Waals surface area contributed by atoms with E-state index in [0.717, 1.165) is 19.4 Å². The predicted molar refractivity (Wildman–Crippen MR) is 149 cm³/mol. The zero-order valence-electron chi connectivity index (χ0n) is 22.3. The van der Waals surface area contributed by atoms with Gasteiger partial charge >= 0.3 is 0 Å². The quantitative estimate of drug-likeness (QED) is 0.413. The molecule has 9 atom stereocenters. The number of allylic oxidation sites excluding steroid dienone is 5. The molecular weight excluding hydrogens is 468 g/mol. The van der Waals surface area contributed by atoms with Crippen LogP contribution in [0.1, 0.15) is 44.2 Å². The molecule has 194 valence electrons. The summed E-state index contributed by atoms with van der Waals surface area (Å²) in [6, 6.07) is 21.5. The van der Waals surface area contributed by atoms with Crippen molar-refractivity contribution in [3.63, 3.8) is 0 Å². The summed E-state index contributed by atoms with van der Waals surface area (Å²) in [6.45, 7) is 6.03. The van der Waals surface area contributed by atoms with Crippen LogP contribution >= 0.6 is 0 Å². The third-order valence-corrected chi connectivity index (χ3v) is 11.2. The van der Waals surface area contributed by atoms with E-state index in [1.165, 1.54) is 34.3 Å². The first-order chi connectivity index (χ1) is 18.5. The molecule has 9 rings (SSSR count). The third-order valence-electron chi connectivity index (χ3n) is 11.2. The average molecular weight is 505 g/mol. The standard InChI is InChI=1S/C35H36O3/c1-34-29(21-11-5-3-6-12-21)30(22-13-7-4-8-14-22)35(2,33(34)36)32-28-25-17-16-23(27(28)31(32)34)19-24(25)20-38-26-15-9-10-18-37-26/h3-8,11-14,16-17,19,23,25-28,31-32H,9-10,15,18,20H2,1-2H3/t23-,25-,26-,27-,28+,31+,32+,34+,35+/m1/s1. The summed E-state index contributed by atoms with van der Waals surface area (Å²) in [6.07, 6.45) is 10.6. The minimum Gasteiger partial charge on any atom is -0.353 e. The molecule has 0 spiro atoms. The molecule has 3 heteroatoms. The smallest absolute Gasteiger partial charge is 0.158 e. The van der Waals surface area contributed by atoms with Crippen molar-refractivity contribution < 1.29 is 14.3 Å². The Morgan fingerprint density at radius 2 is 1.47 bits per heavy atom. The van der Waals surface area contributed by atoms with Crippen molar-refractivity contribution in [2.24, 2.45) is 46.3 Å². The van der Waals surface area contributed by atoms with E-state index in [-0.39, 0.29) is 6.29 Å². The zero-order chi connectivity index (χ0) is 25.6. The van der Waals surface area contributed by atoms with Crippen molar-refractivity contribution >= 4 is 16.9 Å². The molecule has 6 aliphatic carbocycles. The molecule has 7 aliphatic rings. The Balaban J connectivity index is 1.21. The minimum absolute atomic E-state index is 0.0689. The molecule has 0 amide bonds. The summed E-state index contributed by atoms with van der Waals surface area (Å²) in [5.74, 6) is 2.96. The van der Waals surface area contributed by atoms with Gasteiger partial charge in [-0.1, -0.05) is 78.9 Å². The molecule has 3 nitrogen and oxygen atoms in total. The second-order valence-corrected chi connectivity index (χ2v) is 12.8. The summed E-state index contributed by atoms with van der Waals surface area (Å²) < 4.78 is 12.1. The summed E-state index contributed by atoms with van der Waals surface area (Å²) in [5, 5.41) is 0. The van der Waals surface area contributed by atoms with Crippen LogP contribution in [-0.2, 0) is 14.3 Å². The number of Topliss-reactive ketones (excluding diaryl/α,β-unsaturated/α-hetero) is 1. The first-order valence-electron chi connectivity index (χ1n) is 14.6. The van der Waals surface area contributed by atoms with Crippen LogP contribution in [0.15, 0.2) is 84.5 Å². The number of fused-ring (bicyclic) bond motifs is 5. The van der Waals surface area contributed by atoms with Gasteiger partial charge in [0.1, 0.15) is 0 Å². The van der Waals surface area contributed by atoms with Crippen LogP contribution in [0.25, 0.3) is 11.1 Å². The van der Waals surface area contributed by atoms with E-state index >= 15 is 0 Å². The highest BCUT2D eigenvalue weighted by atomic mass is 16.7. The van der Waals surface area contributed by atoms with Gasteiger partial charge in [0, 0.05) is 12.5 Å². The van der Waals surface area contributed by atoms with E-state index in [1.54, 1.807) is 0 Å². The van der Waals surface area contributed by atoms with Crippen molar-refractivity contribution in [2.45, 2.75) is 39.4 Å². The lowest BCUT2D eigenvalue weighted by atomic mass is 9.37. The zero-order valence-corrected chi connectivity index (χ0v) is 22.3. The van der Waals surface area contributed by atoms with E-state index in [4.69, 9.17) is 9.47 Å². The number of carbonyl (C=O) groups is 1. The van der Waals surface area contributed by atoms with Crippen LogP contribution < -0.4 is 0 Å². The molecule has 0 radical (unpaired) electrons. The van der Waals surface area contributed by atoms with Crippen LogP contribution in [0.2, 0.25) is 0 Å². The molecule has 1 aliphatic heterocycles. The average Bonchev–Trinajstić information content (AvgIpc) is 3.21. The van der Waals surface area contributed by atoms with E-state index in [9.17, 15) is 4.79 Å². The Morgan fingerprint density at radius 3 is 2.08 bits per heavy atom. The van der Waals surface area contributed by atoms with Crippen LogP contribution in [0.4, 0.5) is 0 Å². The van der Waals surface area contributed by atoms with Crippen molar-refractivity contribution in [3.05, 3.63) is 95.6 Å². The van der Waals surface area contributed by atoms with Crippen LogP contribution in [-0.4, -0.2) is 25.3 Å². The van der Waals surface area contributed by atoms with Gasteiger partial charge in [-0.3, -0.25) is 4.79 Å². The number of hydrogen-bond acceptors (Lipinski definition) is 3. The molecule has 1 saturated heterocycles. The van der Waals surface area contributed by atoms with E-state index in [2.05, 4.69) is 92.7 Å². The van der Waals surface area contributed by atoms with Gasteiger partial charge in [0.05, 0.1) is 17.4 Å². The van der Waals surface area contributed by atoms with Gasteiger partial charge in [-0.2, -0.15) is 0 Å². The molecular formula is C35H36O3. The first-order valence-corrected chi connectivity index (χ1v) is 14.6. The minimum atomic E-state index is -0.475. The highest BCUT2D eigenvalue weighted by Gasteiger charge is 2.81. The summed E-state index contributed by atoms with van der Waals surface area (Å²) in [5.41, 5.74) is 5.45. The van der Waals surface area contributed by atoms with Gasteiger partial charge in [-0.25, -0.2) is 0 Å². The number of rotatable bonds is 5. The van der Waals surface area contributed by atoms with Gasteiger partial charge in [-0.15, -0.1) is 0 Å². The number of ether oxygens (including phenoxy) is 2. The highest BCUT2D eigenvalue weighted by molar-refractivity contribution is 6.23. The maximum absolute atomic E-state index is 14.7. The van der Waals surface area contributed by atoms with Gasteiger partial charge in [0.2, 0.25) is 0 Å². The van der Waals surface area contributed by atoms with Crippen molar-refractivity contribution in [1.29, 1.82) is 0 Å². The van der Waals surface area contributed by atoms with E-state index in [0.29, 0.717) is 47.9 Å². The second-order valence-electron chi connectivity index (χ2n) is 12.8. The SMILES string of the molecule is C[C@]12C(=O)[C@@](C)(C(c3ccccc3)=C1c1ccccc1)[C@H]1[C@@H]3[C@@H]([C@@H]4C=C[C@@H]3C(CO[C@@H]3CCCCO3)=C4)[C@@H]12. The topological polar surface area (TPSA) is 35.5 Å². The third kappa shape index (κ3) is 2.79. The monoisotopic (exact) mass is 504 g/mol. The molecule has 3 fully saturated rings. The van der Waals surface area contributed by atoms with Crippen LogP contribution in [0.3, 0.4) is 0 Å². The predicted octanol–water partition coefficient (Wildman–Crippen LogP) is 6.97. The number of hydrogen-bond donors (Lipinski definition) is 0. The molecule has 2 aromatic carbocycles. The Kier molecular flexibility index (Phi) is 4.96. The van der Waals surface area contributed by atoms with Gasteiger partial charge in [0.25, 0.3) is 0 Å². The van der Waals surface area contributed by atoms with E-state index in [1.807, 2.05) is 0 Å². The lowest BCUT2D eigenvalue weighted by molar-refractivity contribution is -0.161. The summed E-state index contributed by atoms with van der Waals surface area (Å²) in [4.78, 5) is 14.7. The molecule has 0 aromatic heterocycles. The van der Waals surface area contributed by atoms with Crippen LogP contribution in [0, 0.1) is 46.3 Å². The van der Waals surface area contributed by atoms with Crippen LogP contribution in [0.5, 0.6) is 0 Å². The number of carbonyl (C=O) groups excluding carboxylic acids is 1.